The summed E-state index contributed by atoms with van der Waals surface area (Å²) >= 11 is 5.73. The van der Waals surface area contributed by atoms with E-state index in [4.69, 9.17) is 16.4 Å². The first kappa shape index (κ1) is 25.3. The number of aromatic nitrogens is 1. The van der Waals surface area contributed by atoms with E-state index in [-0.39, 0.29) is 22.0 Å². The van der Waals surface area contributed by atoms with Gasteiger partial charge in [-0.3, -0.25) is 9.78 Å². The summed E-state index contributed by atoms with van der Waals surface area (Å²) < 4.78 is 93.5. The van der Waals surface area contributed by atoms with Crippen molar-refractivity contribution in [1.29, 1.82) is 0 Å². The Bertz CT molecular complexity index is 1290. The Labute approximate surface area is 201 Å². The lowest BCUT2D eigenvalue weighted by Gasteiger charge is -2.43. The topological polar surface area (TPSA) is 88.9 Å². The van der Waals surface area contributed by atoms with E-state index in [2.05, 4.69) is 10.1 Å². The van der Waals surface area contributed by atoms with Crippen molar-refractivity contribution in [3.63, 3.8) is 0 Å². The van der Waals surface area contributed by atoms with E-state index in [9.17, 15) is 30.8 Å². The van der Waals surface area contributed by atoms with Crippen LogP contribution >= 0.6 is 11.6 Å². The molecule has 1 aromatic carbocycles. The molecule has 35 heavy (non-hydrogen) atoms. The number of sulfone groups is 1. The maximum absolute atomic E-state index is 15.1. The van der Waals surface area contributed by atoms with Gasteiger partial charge in [-0.15, -0.1) is 0 Å². The van der Waals surface area contributed by atoms with Crippen molar-refractivity contribution in [3.05, 3.63) is 64.2 Å². The van der Waals surface area contributed by atoms with Crippen molar-refractivity contribution in [2.75, 3.05) is 25.1 Å². The summed E-state index contributed by atoms with van der Waals surface area (Å²) in [6, 6.07) is 5.01. The Kier molecular flexibility index (Phi) is 6.07. The largest absolute Gasteiger partial charge is 0.435 e. The number of carbonyl (C=O) groups excluding carboxylic acids is 1. The number of oxime groups is 1. The van der Waals surface area contributed by atoms with Crippen LogP contribution < -0.4 is 0 Å². The molecule has 1 aromatic heterocycles. The van der Waals surface area contributed by atoms with Gasteiger partial charge in [-0.25, -0.2) is 17.2 Å². The smallest absolute Gasteiger partial charge is 0.374 e. The second-order valence-electron chi connectivity index (χ2n) is 8.51. The minimum Gasteiger partial charge on any atom is -0.374 e. The Hall–Kier alpha value is -2.80. The number of hydrogen-bond donors (Lipinski definition) is 0. The van der Waals surface area contributed by atoms with Gasteiger partial charge in [0.2, 0.25) is 5.91 Å². The van der Waals surface area contributed by atoms with E-state index >= 15 is 4.39 Å². The lowest BCUT2D eigenvalue weighted by atomic mass is 9.86. The van der Waals surface area contributed by atoms with Gasteiger partial charge in [0.1, 0.15) is 11.6 Å². The van der Waals surface area contributed by atoms with Gasteiger partial charge in [0.15, 0.2) is 15.5 Å². The summed E-state index contributed by atoms with van der Waals surface area (Å²) in [5.41, 5.74) is -5.67. The molecule has 0 bridgehead atoms. The molecular weight excluding hydrogens is 521 g/mol. The predicted molar refractivity (Wildman–Crippen MR) is 115 cm³/mol. The summed E-state index contributed by atoms with van der Waals surface area (Å²) in [5, 5.41) is 3.30. The van der Waals surface area contributed by atoms with Gasteiger partial charge < -0.3 is 9.74 Å². The summed E-state index contributed by atoms with van der Waals surface area (Å²) in [4.78, 5) is 21.7. The molecule has 4 rings (SSSR count). The standard InChI is InChI=1S/C21H17ClF5N3O4S/c1-35(32,33)9-18(31)30-10-19(24,11-30)17-3-2-12(8-28-17)16-7-20(34-29-16,21(25,26)27)13-4-14(22)6-15(23)5-13/h2-6,8H,7,9-11H2,1H3. The highest BCUT2D eigenvalue weighted by atomic mass is 35.5. The van der Waals surface area contributed by atoms with E-state index in [1.54, 1.807) is 0 Å². The second kappa shape index (κ2) is 8.40. The number of carbonyl (C=O) groups is 1. The van der Waals surface area contributed by atoms with Gasteiger partial charge in [0.05, 0.1) is 30.9 Å². The highest BCUT2D eigenvalue weighted by molar-refractivity contribution is 7.91. The summed E-state index contributed by atoms with van der Waals surface area (Å²) in [6.07, 6.45) is -3.77. The van der Waals surface area contributed by atoms with Crippen LogP contribution in [0.4, 0.5) is 22.0 Å². The number of hydrogen-bond acceptors (Lipinski definition) is 6. The van der Waals surface area contributed by atoms with Crippen LogP contribution in [0.15, 0.2) is 41.7 Å². The molecule has 2 aromatic rings. The van der Waals surface area contributed by atoms with E-state index in [1.807, 2.05) is 0 Å². The van der Waals surface area contributed by atoms with Gasteiger partial charge in [0, 0.05) is 28.6 Å². The van der Waals surface area contributed by atoms with Crippen LogP contribution in [0.1, 0.15) is 23.2 Å². The van der Waals surface area contributed by atoms with Crippen molar-refractivity contribution in [3.8, 4) is 0 Å². The van der Waals surface area contributed by atoms with Crippen LogP contribution in [0.5, 0.6) is 0 Å². The molecule has 1 fully saturated rings. The molecular formula is C21H17ClF5N3O4S. The number of pyridine rings is 1. The highest BCUT2D eigenvalue weighted by Crippen LogP contribution is 2.49. The van der Waals surface area contributed by atoms with Crippen LogP contribution in [0.3, 0.4) is 0 Å². The first-order valence-electron chi connectivity index (χ1n) is 10.0. The Morgan fingerprint density at radius 3 is 2.46 bits per heavy atom. The average molecular weight is 538 g/mol. The molecule has 1 unspecified atom stereocenters. The zero-order chi connectivity index (χ0) is 25.8. The summed E-state index contributed by atoms with van der Waals surface area (Å²) in [7, 11) is -3.57. The SMILES string of the molecule is CS(=O)(=O)CC(=O)N1CC(F)(c2ccc(C3=NOC(c4cc(F)cc(Cl)c4)(C(F)(F)F)C3)cn2)C1. The molecule has 2 aliphatic rings. The molecule has 0 N–H and O–H groups in total. The fourth-order valence-electron chi connectivity index (χ4n) is 3.89. The number of alkyl halides is 4. The molecule has 1 amide bonds. The van der Waals surface area contributed by atoms with Crippen molar-refractivity contribution in [2.45, 2.75) is 23.9 Å². The zero-order valence-corrected chi connectivity index (χ0v) is 19.5. The third-order valence-corrected chi connectivity index (χ3v) is 6.68. The summed E-state index contributed by atoms with van der Waals surface area (Å²) in [5.74, 6) is -2.46. The normalized spacial score (nSPS) is 21.8. The van der Waals surface area contributed by atoms with Crippen molar-refractivity contribution < 1.29 is 40.0 Å². The van der Waals surface area contributed by atoms with Gasteiger partial charge in [-0.05, 0) is 30.3 Å². The Morgan fingerprint density at radius 2 is 1.91 bits per heavy atom. The first-order valence-corrected chi connectivity index (χ1v) is 12.5. The fraction of sp³-hybridized carbons (Fsp3) is 0.381. The minimum atomic E-state index is -4.97. The third-order valence-electron chi connectivity index (χ3n) is 5.69. The lowest BCUT2D eigenvalue weighted by Crippen LogP contribution is -2.60. The quantitative estimate of drug-likeness (QED) is 0.545. The first-order chi connectivity index (χ1) is 16.1. The molecule has 7 nitrogen and oxygen atoms in total. The number of rotatable bonds is 5. The van der Waals surface area contributed by atoms with Crippen LogP contribution in [-0.4, -0.2) is 61.2 Å². The molecule has 0 aliphatic carbocycles. The van der Waals surface area contributed by atoms with E-state index in [0.717, 1.165) is 29.5 Å². The van der Waals surface area contributed by atoms with Crippen LogP contribution in [-0.2, 0) is 30.7 Å². The summed E-state index contributed by atoms with van der Waals surface area (Å²) in [6.45, 7) is -0.815. The molecule has 3 heterocycles. The molecule has 0 saturated carbocycles. The van der Waals surface area contributed by atoms with Crippen LogP contribution in [0, 0.1) is 5.82 Å². The maximum atomic E-state index is 15.1. The van der Waals surface area contributed by atoms with E-state index in [0.29, 0.717) is 6.07 Å². The molecule has 2 aliphatic heterocycles. The molecule has 188 valence electrons. The van der Waals surface area contributed by atoms with Gasteiger partial charge in [-0.2, -0.15) is 13.2 Å². The maximum Gasteiger partial charge on any atom is 0.435 e. The Morgan fingerprint density at radius 1 is 1.23 bits per heavy atom. The third kappa shape index (κ3) is 4.83. The minimum absolute atomic E-state index is 0.0804. The highest BCUT2D eigenvalue weighted by Gasteiger charge is 2.62. The molecule has 1 saturated heterocycles. The number of nitrogens with zero attached hydrogens (tertiary/aromatic N) is 3. The molecule has 14 heteroatoms. The zero-order valence-electron chi connectivity index (χ0n) is 17.9. The molecule has 1 atom stereocenters. The van der Waals surface area contributed by atoms with E-state index in [1.165, 1.54) is 12.1 Å². The van der Waals surface area contributed by atoms with Crippen molar-refractivity contribution in [1.82, 2.24) is 9.88 Å². The van der Waals surface area contributed by atoms with Crippen LogP contribution in [0.2, 0.25) is 5.02 Å². The monoisotopic (exact) mass is 537 g/mol. The van der Waals surface area contributed by atoms with Crippen molar-refractivity contribution in [2.24, 2.45) is 5.16 Å². The number of amides is 1. The number of likely N-dealkylation sites (tertiary alicyclic amines) is 1. The average Bonchev–Trinajstić information content (AvgIpc) is 3.16. The Balaban J connectivity index is 1.51. The van der Waals surface area contributed by atoms with Crippen LogP contribution in [0.25, 0.3) is 0 Å². The second-order valence-corrected chi connectivity index (χ2v) is 11.1. The van der Waals surface area contributed by atoms with Gasteiger partial charge in [0.25, 0.3) is 5.60 Å². The molecule has 0 spiro atoms. The van der Waals surface area contributed by atoms with E-state index < -0.39 is 69.8 Å². The predicted octanol–water partition coefficient (Wildman–Crippen LogP) is 3.51. The molecule has 0 radical (unpaired) electrons. The number of benzene rings is 1. The fourth-order valence-corrected chi connectivity index (χ4v) is 4.74. The van der Waals surface area contributed by atoms with Crippen molar-refractivity contribution >= 4 is 33.1 Å². The lowest BCUT2D eigenvalue weighted by molar-refractivity contribution is -0.275. The van der Waals surface area contributed by atoms with Gasteiger partial charge >= 0.3 is 6.18 Å². The number of halogens is 6. The van der Waals surface area contributed by atoms with Gasteiger partial charge in [-0.1, -0.05) is 16.8 Å².